The van der Waals surface area contributed by atoms with Gasteiger partial charge in [-0.2, -0.15) is 0 Å². The van der Waals surface area contributed by atoms with Crippen LogP contribution in [0.25, 0.3) is 10.6 Å². The molecule has 0 radical (unpaired) electrons. The molecule has 0 aromatic heterocycles. The molecule has 2 unspecified atom stereocenters. The maximum Gasteiger partial charge on any atom is 0 e. The van der Waals surface area contributed by atoms with Gasteiger partial charge in [0.2, 0.25) is 0 Å². The SMILES string of the molecule is CC(C)[N-]C(C)CC(C)[N-]C(C)C.[CH3-].[Zn]. The van der Waals surface area contributed by atoms with Crippen LogP contribution in [0.4, 0.5) is 0 Å². The number of hydrogen-bond donors (Lipinski definition) is 0. The third-order valence-corrected chi connectivity index (χ3v) is 1.79. The smallest absolute Gasteiger partial charge is 0 e. The summed E-state index contributed by atoms with van der Waals surface area (Å²) in [4.78, 5) is 0. The summed E-state index contributed by atoms with van der Waals surface area (Å²) in [6, 6.07) is 1.78. The van der Waals surface area contributed by atoms with E-state index in [1.54, 1.807) is 0 Å². The summed E-state index contributed by atoms with van der Waals surface area (Å²) in [5, 5.41) is 9.13. The average molecular weight is 265 g/mol. The number of rotatable bonds is 6. The molecular formula is C12H27N2Zn-3. The summed E-state index contributed by atoms with van der Waals surface area (Å²) in [6.07, 6.45) is 1.08. The molecule has 0 N–H and O–H groups in total. The van der Waals surface area contributed by atoms with Crippen LogP contribution in [-0.2, 0) is 19.5 Å². The van der Waals surface area contributed by atoms with Gasteiger partial charge < -0.3 is 18.1 Å². The first kappa shape index (κ1) is 20.9. The number of nitrogens with zero attached hydrogens (tertiary/aromatic N) is 2. The predicted octanol–water partition coefficient (Wildman–Crippen LogP) is 4.17. The Hall–Kier alpha value is 0.543. The maximum absolute atomic E-state index is 4.56. The summed E-state index contributed by atoms with van der Waals surface area (Å²) >= 11 is 0. The van der Waals surface area contributed by atoms with E-state index < -0.39 is 0 Å². The molecule has 3 heteroatoms. The van der Waals surface area contributed by atoms with Crippen molar-refractivity contribution in [3.8, 4) is 0 Å². The zero-order valence-corrected chi connectivity index (χ0v) is 14.6. The molecule has 15 heavy (non-hydrogen) atoms. The van der Waals surface area contributed by atoms with E-state index in [0.29, 0.717) is 24.2 Å². The van der Waals surface area contributed by atoms with Crippen molar-refractivity contribution in [1.82, 2.24) is 0 Å². The largest absolute Gasteiger partial charge is 0.657 e. The zero-order chi connectivity index (χ0) is 10.4. The Balaban J connectivity index is -0.000000720. The van der Waals surface area contributed by atoms with E-state index >= 15 is 0 Å². The molecule has 0 bridgehead atoms. The van der Waals surface area contributed by atoms with Crippen molar-refractivity contribution in [1.29, 1.82) is 0 Å². The van der Waals surface area contributed by atoms with Crippen LogP contribution in [-0.4, -0.2) is 24.2 Å². The van der Waals surface area contributed by atoms with E-state index in [0.717, 1.165) is 6.42 Å². The topological polar surface area (TPSA) is 28.2 Å². The summed E-state index contributed by atoms with van der Waals surface area (Å²) in [5.41, 5.74) is 0. The summed E-state index contributed by atoms with van der Waals surface area (Å²) in [7, 11) is 0. The minimum Gasteiger partial charge on any atom is -0.657 e. The molecule has 0 rings (SSSR count). The molecule has 0 spiro atoms. The fourth-order valence-corrected chi connectivity index (χ4v) is 1.63. The summed E-state index contributed by atoms with van der Waals surface area (Å²) in [6.45, 7) is 12.8. The Morgan fingerprint density at radius 2 is 1.00 bits per heavy atom. The molecular weight excluding hydrogens is 238 g/mol. The summed E-state index contributed by atoms with van der Waals surface area (Å²) in [5.74, 6) is 0. The van der Waals surface area contributed by atoms with Crippen molar-refractivity contribution in [3.05, 3.63) is 18.1 Å². The first-order chi connectivity index (χ1) is 5.91. The summed E-state index contributed by atoms with van der Waals surface area (Å²) < 4.78 is 0. The molecule has 0 aliphatic carbocycles. The third kappa shape index (κ3) is 14.5. The monoisotopic (exact) mass is 263 g/mol. The van der Waals surface area contributed by atoms with Gasteiger partial charge in [-0.3, -0.25) is 0 Å². The van der Waals surface area contributed by atoms with E-state index in [-0.39, 0.29) is 26.9 Å². The second-order valence-electron chi connectivity index (χ2n) is 4.42. The van der Waals surface area contributed by atoms with E-state index in [2.05, 4.69) is 52.2 Å². The van der Waals surface area contributed by atoms with Gasteiger partial charge >= 0.3 is 0 Å². The van der Waals surface area contributed by atoms with Gasteiger partial charge in [-0.05, 0) is 0 Å². The quantitative estimate of drug-likeness (QED) is 0.509. The standard InChI is InChI=1S/C11H24N2.CH3.Zn/c1-8(2)12-10(5)7-11(6)13-9(3)4;;/h8-11H,7H2,1-6H3;1H3;/q-2;-1;. The third-order valence-electron chi connectivity index (χ3n) is 1.79. The second kappa shape index (κ2) is 11.0. The Morgan fingerprint density at radius 3 is 1.20 bits per heavy atom. The van der Waals surface area contributed by atoms with Gasteiger partial charge in [0.15, 0.2) is 0 Å². The molecule has 0 aromatic rings. The van der Waals surface area contributed by atoms with Crippen molar-refractivity contribution in [2.24, 2.45) is 0 Å². The molecule has 0 aliphatic heterocycles. The van der Waals surface area contributed by atoms with Crippen LogP contribution in [0.3, 0.4) is 0 Å². The molecule has 0 saturated carbocycles. The van der Waals surface area contributed by atoms with Crippen LogP contribution in [0.1, 0.15) is 48.0 Å². The Kier molecular flexibility index (Phi) is 15.4. The van der Waals surface area contributed by atoms with E-state index in [4.69, 9.17) is 0 Å². The van der Waals surface area contributed by atoms with Gasteiger partial charge in [0, 0.05) is 19.5 Å². The molecule has 0 fully saturated rings. The van der Waals surface area contributed by atoms with Gasteiger partial charge in [0.1, 0.15) is 0 Å². The van der Waals surface area contributed by atoms with Crippen molar-refractivity contribution in [2.45, 2.75) is 72.1 Å². The van der Waals surface area contributed by atoms with Crippen LogP contribution in [0.2, 0.25) is 0 Å². The van der Waals surface area contributed by atoms with Gasteiger partial charge in [-0.1, -0.05) is 48.0 Å². The van der Waals surface area contributed by atoms with Crippen molar-refractivity contribution < 1.29 is 19.5 Å². The van der Waals surface area contributed by atoms with Gasteiger partial charge in [0.25, 0.3) is 0 Å². The first-order valence-corrected chi connectivity index (χ1v) is 5.31. The van der Waals surface area contributed by atoms with Crippen molar-refractivity contribution in [2.75, 3.05) is 0 Å². The molecule has 90 valence electrons. The van der Waals surface area contributed by atoms with E-state index in [9.17, 15) is 0 Å². The van der Waals surface area contributed by atoms with Gasteiger partial charge in [-0.15, -0.1) is 24.2 Å². The average Bonchev–Trinajstić information content (AvgIpc) is 1.80. The maximum atomic E-state index is 4.56. The van der Waals surface area contributed by atoms with Crippen LogP contribution >= 0.6 is 0 Å². The van der Waals surface area contributed by atoms with Gasteiger partial charge in [-0.25, -0.2) is 0 Å². The predicted molar refractivity (Wildman–Crippen MR) is 66.9 cm³/mol. The molecule has 0 heterocycles. The fourth-order valence-electron chi connectivity index (χ4n) is 1.63. The van der Waals surface area contributed by atoms with Crippen molar-refractivity contribution in [3.63, 3.8) is 0 Å². The molecule has 0 amide bonds. The molecule has 0 saturated heterocycles. The molecule has 2 nitrogen and oxygen atoms in total. The molecule has 0 aliphatic rings. The molecule has 0 aromatic carbocycles. The fraction of sp³-hybridized carbons (Fsp3) is 0.917. The normalized spacial score (nSPS) is 14.4. The Labute approximate surface area is 110 Å². The van der Waals surface area contributed by atoms with Gasteiger partial charge in [0.05, 0.1) is 0 Å². The first-order valence-electron chi connectivity index (χ1n) is 5.31. The van der Waals surface area contributed by atoms with Crippen LogP contribution in [0, 0.1) is 7.43 Å². The minimum atomic E-state index is 0. The second-order valence-corrected chi connectivity index (χ2v) is 4.42. The van der Waals surface area contributed by atoms with Crippen molar-refractivity contribution >= 4 is 0 Å². The Morgan fingerprint density at radius 1 is 0.733 bits per heavy atom. The van der Waals surface area contributed by atoms with Crippen LogP contribution in [0.15, 0.2) is 0 Å². The van der Waals surface area contributed by atoms with E-state index in [1.807, 2.05) is 0 Å². The van der Waals surface area contributed by atoms with E-state index in [1.165, 1.54) is 0 Å². The zero-order valence-electron chi connectivity index (χ0n) is 11.6. The minimum absolute atomic E-state index is 0. The van der Waals surface area contributed by atoms with Crippen LogP contribution < -0.4 is 0 Å². The number of hydrogen-bond acceptors (Lipinski definition) is 0. The Bertz CT molecular complexity index is 113. The van der Waals surface area contributed by atoms with Crippen LogP contribution in [0.5, 0.6) is 0 Å². The molecule has 2 atom stereocenters.